The Bertz CT molecular complexity index is 487. The quantitative estimate of drug-likeness (QED) is 0.669. The molecule has 0 aliphatic carbocycles. The normalized spacial score (nSPS) is 12.0. The lowest BCUT2D eigenvalue weighted by Gasteiger charge is -2.12. The molecule has 0 bridgehead atoms. The summed E-state index contributed by atoms with van der Waals surface area (Å²) in [5.41, 5.74) is 1.08. The Hall–Kier alpha value is -0.0500. The van der Waals surface area contributed by atoms with E-state index in [0.717, 1.165) is 25.8 Å². The maximum atomic E-state index is 9.83. The predicted octanol–water partition coefficient (Wildman–Crippen LogP) is 3.43. The molecule has 2 aromatic rings. The topological polar surface area (TPSA) is 46.0 Å². The van der Waals surface area contributed by atoms with Crippen LogP contribution in [0, 0.1) is 0 Å². The van der Waals surface area contributed by atoms with Crippen LogP contribution in [0.2, 0.25) is 0 Å². The molecule has 16 heavy (non-hydrogen) atoms. The van der Waals surface area contributed by atoms with E-state index in [4.69, 9.17) is 0 Å². The first-order valence-electron chi connectivity index (χ1n) is 4.70. The molecule has 0 fully saturated rings. The molecule has 0 aromatic carbocycles. The van der Waals surface area contributed by atoms with Crippen LogP contribution in [0.1, 0.15) is 24.5 Å². The number of hydrogen-bond donors (Lipinski definition) is 1. The van der Waals surface area contributed by atoms with Gasteiger partial charge in [-0.1, -0.05) is 22.6 Å². The third-order valence-corrected chi connectivity index (χ3v) is 4.79. The van der Waals surface area contributed by atoms with Crippen LogP contribution in [0.5, 0.6) is 0 Å². The van der Waals surface area contributed by atoms with Crippen LogP contribution >= 0.6 is 45.3 Å². The summed E-state index contributed by atoms with van der Waals surface area (Å²) in [6, 6.07) is 0. The van der Waals surface area contributed by atoms with E-state index >= 15 is 0 Å². The van der Waals surface area contributed by atoms with Crippen molar-refractivity contribution in [2.45, 2.75) is 23.9 Å². The predicted molar refractivity (Wildman–Crippen MR) is 76.2 cm³/mol. The van der Waals surface area contributed by atoms with E-state index in [1.165, 1.54) is 11.3 Å². The Morgan fingerprint density at radius 1 is 1.31 bits per heavy atom. The highest BCUT2D eigenvalue weighted by Gasteiger charge is 2.21. The molecule has 0 spiro atoms. The van der Waals surface area contributed by atoms with E-state index in [1.54, 1.807) is 25.2 Å². The largest absolute Gasteiger partial charge is 0.383 e. The fourth-order valence-electron chi connectivity index (χ4n) is 1.14. The van der Waals surface area contributed by atoms with Gasteiger partial charge in [0, 0.05) is 15.2 Å². The molecule has 1 N–H and O–H groups in total. The maximum absolute atomic E-state index is 9.83. The van der Waals surface area contributed by atoms with E-state index in [2.05, 4.69) is 32.6 Å². The van der Waals surface area contributed by atoms with Gasteiger partial charge in [0.25, 0.3) is 0 Å². The van der Waals surface area contributed by atoms with Gasteiger partial charge < -0.3 is 5.11 Å². The van der Waals surface area contributed by atoms with Crippen LogP contribution in [0.15, 0.2) is 10.8 Å². The Labute approximate surface area is 116 Å². The van der Waals surface area contributed by atoms with Crippen LogP contribution in [0.25, 0.3) is 10.7 Å². The van der Waals surface area contributed by atoms with E-state index in [-0.39, 0.29) is 0 Å². The van der Waals surface area contributed by atoms with Gasteiger partial charge in [-0.15, -0.1) is 22.7 Å². The number of halogens is 1. The summed E-state index contributed by atoms with van der Waals surface area (Å²) in [5, 5.41) is 15.5. The molecular formula is C10H11IN2OS2. The van der Waals surface area contributed by atoms with Crippen molar-refractivity contribution in [3.8, 4) is 10.7 Å². The van der Waals surface area contributed by atoms with Crippen molar-refractivity contribution in [1.82, 2.24) is 9.97 Å². The number of hydrogen-bond acceptors (Lipinski definition) is 5. The zero-order valence-corrected chi connectivity index (χ0v) is 12.7. The molecule has 2 aromatic heterocycles. The fourth-order valence-corrected chi connectivity index (χ4v) is 3.51. The van der Waals surface area contributed by atoms with Gasteiger partial charge in [-0.3, -0.25) is 0 Å². The molecule has 2 heterocycles. The molecule has 0 radical (unpaired) electrons. The van der Waals surface area contributed by atoms with E-state index in [0.29, 0.717) is 0 Å². The third-order valence-electron chi connectivity index (χ3n) is 1.94. The van der Waals surface area contributed by atoms with E-state index in [9.17, 15) is 5.11 Å². The van der Waals surface area contributed by atoms with Crippen LogP contribution in [0.3, 0.4) is 0 Å². The van der Waals surface area contributed by atoms with Crippen molar-refractivity contribution >= 4 is 45.3 Å². The first-order chi connectivity index (χ1) is 7.50. The molecular weight excluding hydrogens is 355 g/mol. The number of nitrogens with zero attached hydrogens (tertiary/aromatic N) is 2. The molecule has 86 valence electrons. The van der Waals surface area contributed by atoms with Gasteiger partial charge in [0.1, 0.15) is 21.3 Å². The average molecular weight is 366 g/mol. The summed E-state index contributed by atoms with van der Waals surface area (Å²) in [6.07, 6.45) is 0. The summed E-state index contributed by atoms with van der Waals surface area (Å²) < 4.78 is 0.913. The van der Waals surface area contributed by atoms with Gasteiger partial charge in [0.05, 0.1) is 5.69 Å². The fraction of sp³-hybridized carbons (Fsp3) is 0.400. The molecule has 0 unspecified atom stereocenters. The first-order valence-corrected chi connectivity index (χ1v) is 7.98. The summed E-state index contributed by atoms with van der Waals surface area (Å²) >= 11 is 5.36. The second-order valence-corrected chi connectivity index (χ2v) is 6.35. The SMILES string of the molecule is CC(C)(O)c1nc(-c2nc(CI)cs2)cs1. The molecule has 0 saturated carbocycles. The van der Waals surface area contributed by atoms with Crippen molar-refractivity contribution in [2.75, 3.05) is 0 Å². The Morgan fingerprint density at radius 3 is 2.56 bits per heavy atom. The second-order valence-electron chi connectivity index (χ2n) is 3.87. The van der Waals surface area contributed by atoms with Gasteiger partial charge in [-0.05, 0) is 13.8 Å². The van der Waals surface area contributed by atoms with Crippen LogP contribution in [-0.4, -0.2) is 15.1 Å². The first kappa shape index (κ1) is 12.4. The highest BCUT2D eigenvalue weighted by atomic mass is 127. The molecule has 6 heteroatoms. The lowest BCUT2D eigenvalue weighted by molar-refractivity contribution is 0.0783. The molecule has 3 nitrogen and oxygen atoms in total. The van der Waals surface area contributed by atoms with Crippen molar-refractivity contribution in [2.24, 2.45) is 0 Å². The maximum Gasteiger partial charge on any atom is 0.143 e. The molecule has 2 rings (SSSR count). The van der Waals surface area contributed by atoms with E-state index in [1.807, 2.05) is 10.8 Å². The Morgan fingerprint density at radius 2 is 2.06 bits per heavy atom. The Kier molecular flexibility index (Phi) is 3.62. The number of aromatic nitrogens is 2. The lowest BCUT2D eigenvalue weighted by atomic mass is 10.2. The second kappa shape index (κ2) is 4.67. The average Bonchev–Trinajstić information content (AvgIpc) is 2.85. The van der Waals surface area contributed by atoms with Crippen molar-refractivity contribution in [3.05, 3.63) is 21.5 Å². The number of alkyl halides is 1. The molecule has 0 saturated heterocycles. The molecule has 0 atom stereocenters. The highest BCUT2D eigenvalue weighted by Crippen LogP contribution is 2.30. The van der Waals surface area contributed by atoms with Gasteiger partial charge in [0.2, 0.25) is 0 Å². The van der Waals surface area contributed by atoms with Crippen LogP contribution in [-0.2, 0) is 10.0 Å². The number of thiazole rings is 2. The lowest BCUT2D eigenvalue weighted by Crippen LogP contribution is -2.14. The van der Waals surface area contributed by atoms with Crippen LogP contribution in [0.4, 0.5) is 0 Å². The summed E-state index contributed by atoms with van der Waals surface area (Å²) in [4.78, 5) is 8.88. The smallest absolute Gasteiger partial charge is 0.143 e. The monoisotopic (exact) mass is 366 g/mol. The number of aliphatic hydroxyl groups is 1. The van der Waals surface area contributed by atoms with Gasteiger partial charge in [-0.25, -0.2) is 9.97 Å². The molecule has 0 amide bonds. The molecule has 0 aliphatic heterocycles. The zero-order valence-electron chi connectivity index (χ0n) is 8.90. The van der Waals surface area contributed by atoms with E-state index < -0.39 is 5.60 Å². The van der Waals surface area contributed by atoms with Crippen molar-refractivity contribution < 1.29 is 5.11 Å². The van der Waals surface area contributed by atoms with Crippen LogP contribution < -0.4 is 0 Å². The summed E-state index contributed by atoms with van der Waals surface area (Å²) in [7, 11) is 0. The standard InChI is InChI=1S/C10H11IN2OS2/c1-10(2,14)9-13-7(5-16-9)8-12-6(3-11)4-15-8/h4-5,14H,3H2,1-2H3. The highest BCUT2D eigenvalue weighted by molar-refractivity contribution is 14.1. The summed E-state index contributed by atoms with van der Waals surface area (Å²) in [6.45, 7) is 3.49. The zero-order chi connectivity index (χ0) is 11.8. The number of rotatable bonds is 3. The minimum atomic E-state index is -0.869. The third kappa shape index (κ3) is 2.61. The van der Waals surface area contributed by atoms with Crippen molar-refractivity contribution in [3.63, 3.8) is 0 Å². The van der Waals surface area contributed by atoms with Gasteiger partial charge in [0.15, 0.2) is 0 Å². The van der Waals surface area contributed by atoms with Gasteiger partial charge in [-0.2, -0.15) is 0 Å². The van der Waals surface area contributed by atoms with Crippen molar-refractivity contribution in [1.29, 1.82) is 0 Å². The Balaban J connectivity index is 2.31. The molecule has 0 aliphatic rings. The minimum absolute atomic E-state index is 0.730. The summed E-state index contributed by atoms with van der Waals surface area (Å²) in [5.74, 6) is 0. The van der Waals surface area contributed by atoms with Gasteiger partial charge >= 0.3 is 0 Å². The minimum Gasteiger partial charge on any atom is -0.383 e.